The first kappa shape index (κ1) is 18.9. The third-order valence-corrected chi connectivity index (χ3v) is 6.65. The lowest BCUT2D eigenvalue weighted by molar-refractivity contribution is -0.384. The Hall–Kier alpha value is -1.87. The summed E-state index contributed by atoms with van der Waals surface area (Å²) in [7, 11) is -3.82. The molecule has 2 aromatic rings. The molecule has 1 saturated heterocycles. The summed E-state index contributed by atoms with van der Waals surface area (Å²) >= 11 is 11.6. The van der Waals surface area contributed by atoms with Gasteiger partial charge in [0.05, 0.1) is 9.82 Å². The summed E-state index contributed by atoms with van der Waals surface area (Å²) in [5, 5.41) is 11.5. The van der Waals surface area contributed by atoms with E-state index in [4.69, 9.17) is 23.2 Å². The van der Waals surface area contributed by atoms with Crippen LogP contribution in [0.25, 0.3) is 0 Å². The van der Waals surface area contributed by atoms with Crippen LogP contribution in [0.4, 0.5) is 11.4 Å². The maximum atomic E-state index is 12.8. The molecule has 0 radical (unpaired) electrons. The minimum absolute atomic E-state index is 0.0958. The van der Waals surface area contributed by atoms with Gasteiger partial charge >= 0.3 is 0 Å². The second-order valence-electron chi connectivity index (χ2n) is 5.74. The molecule has 10 heteroatoms. The van der Waals surface area contributed by atoms with E-state index >= 15 is 0 Å². The lowest BCUT2D eigenvalue weighted by atomic mass is 10.2. The molecule has 1 aliphatic heterocycles. The van der Waals surface area contributed by atoms with Gasteiger partial charge in [0.1, 0.15) is 5.02 Å². The number of hydrogen-bond acceptors (Lipinski definition) is 5. The number of nitro benzene ring substituents is 1. The summed E-state index contributed by atoms with van der Waals surface area (Å²) in [6.45, 7) is 1.58. The molecule has 0 atom stereocenters. The third kappa shape index (κ3) is 3.78. The van der Waals surface area contributed by atoms with Crippen LogP contribution in [-0.4, -0.2) is 43.8 Å². The Balaban J connectivity index is 1.77. The average molecular weight is 416 g/mol. The highest BCUT2D eigenvalue weighted by atomic mass is 35.5. The third-order valence-electron chi connectivity index (χ3n) is 4.18. The minimum atomic E-state index is -3.82. The highest BCUT2D eigenvalue weighted by Crippen LogP contribution is 2.29. The monoisotopic (exact) mass is 415 g/mol. The predicted octanol–water partition coefficient (Wildman–Crippen LogP) is 3.41. The maximum Gasteiger partial charge on any atom is 0.289 e. The molecule has 1 heterocycles. The molecular weight excluding hydrogens is 401 g/mol. The zero-order chi connectivity index (χ0) is 18.9. The number of hydrogen-bond donors (Lipinski definition) is 0. The minimum Gasteiger partial charge on any atom is -0.369 e. The van der Waals surface area contributed by atoms with Gasteiger partial charge in [-0.3, -0.25) is 10.1 Å². The molecule has 138 valence electrons. The normalized spacial score (nSPS) is 15.8. The second kappa shape index (κ2) is 7.40. The van der Waals surface area contributed by atoms with E-state index < -0.39 is 20.6 Å². The first-order valence-corrected chi connectivity index (χ1v) is 9.93. The molecule has 0 spiro atoms. The highest BCUT2D eigenvalue weighted by Gasteiger charge is 2.30. The molecule has 0 aliphatic carbocycles. The summed E-state index contributed by atoms with van der Waals surface area (Å²) < 4.78 is 26.9. The largest absolute Gasteiger partial charge is 0.369 e. The van der Waals surface area contributed by atoms with Crippen LogP contribution >= 0.6 is 23.2 Å². The van der Waals surface area contributed by atoms with Crippen molar-refractivity contribution < 1.29 is 13.3 Å². The summed E-state index contributed by atoms with van der Waals surface area (Å²) in [5.74, 6) is 0. The van der Waals surface area contributed by atoms with Crippen molar-refractivity contribution in [2.24, 2.45) is 0 Å². The molecule has 0 unspecified atom stereocenters. The van der Waals surface area contributed by atoms with Gasteiger partial charge in [0.15, 0.2) is 0 Å². The lowest BCUT2D eigenvalue weighted by Gasteiger charge is -2.35. The number of nitrogens with zero attached hydrogens (tertiary/aromatic N) is 3. The molecule has 2 aromatic carbocycles. The zero-order valence-corrected chi connectivity index (χ0v) is 15.8. The molecule has 26 heavy (non-hydrogen) atoms. The Morgan fingerprint density at radius 1 is 0.962 bits per heavy atom. The summed E-state index contributed by atoms with van der Waals surface area (Å²) in [4.78, 5) is 12.2. The maximum absolute atomic E-state index is 12.8. The molecule has 0 amide bonds. The fraction of sp³-hybridized carbons (Fsp3) is 0.250. The zero-order valence-electron chi connectivity index (χ0n) is 13.5. The summed E-state index contributed by atoms with van der Waals surface area (Å²) in [5.41, 5.74) is 0.543. The summed E-state index contributed by atoms with van der Waals surface area (Å²) in [6.07, 6.45) is 0. The highest BCUT2D eigenvalue weighted by molar-refractivity contribution is 7.89. The number of anilines is 1. The van der Waals surface area contributed by atoms with Crippen molar-refractivity contribution in [1.29, 1.82) is 0 Å². The van der Waals surface area contributed by atoms with Crippen molar-refractivity contribution in [3.8, 4) is 0 Å². The molecular formula is C16H15Cl2N3O4S. The Bertz CT molecular complexity index is 927. The van der Waals surface area contributed by atoms with Crippen molar-refractivity contribution in [1.82, 2.24) is 4.31 Å². The van der Waals surface area contributed by atoms with Gasteiger partial charge in [0.25, 0.3) is 5.69 Å². The van der Waals surface area contributed by atoms with Gasteiger partial charge in [-0.15, -0.1) is 0 Å². The van der Waals surface area contributed by atoms with Crippen LogP contribution in [-0.2, 0) is 10.0 Å². The molecule has 7 nitrogen and oxygen atoms in total. The Morgan fingerprint density at radius 3 is 2.15 bits per heavy atom. The van der Waals surface area contributed by atoms with Gasteiger partial charge in [-0.1, -0.05) is 23.2 Å². The van der Waals surface area contributed by atoms with E-state index in [0.717, 1.165) is 11.8 Å². The Labute approximate surface area is 160 Å². The second-order valence-corrected chi connectivity index (χ2v) is 8.52. The number of piperazine rings is 1. The predicted molar refractivity (Wildman–Crippen MR) is 101 cm³/mol. The van der Waals surface area contributed by atoms with Gasteiger partial charge in [-0.05, 0) is 36.4 Å². The van der Waals surface area contributed by atoms with Gasteiger partial charge in [-0.2, -0.15) is 4.31 Å². The fourth-order valence-electron chi connectivity index (χ4n) is 2.78. The first-order valence-electron chi connectivity index (χ1n) is 7.73. The molecule has 0 N–H and O–H groups in total. The number of halogens is 2. The number of benzene rings is 2. The van der Waals surface area contributed by atoms with Crippen LogP contribution in [0.3, 0.4) is 0 Å². The lowest BCUT2D eigenvalue weighted by Crippen LogP contribution is -2.48. The van der Waals surface area contributed by atoms with E-state index in [1.165, 1.54) is 16.4 Å². The molecule has 0 saturated carbocycles. The molecule has 1 aliphatic rings. The fourth-order valence-corrected chi connectivity index (χ4v) is 4.54. The van der Waals surface area contributed by atoms with Crippen LogP contribution in [0.15, 0.2) is 47.4 Å². The molecule has 3 rings (SSSR count). The Morgan fingerprint density at radius 2 is 1.58 bits per heavy atom. The van der Waals surface area contributed by atoms with E-state index in [1.54, 1.807) is 12.1 Å². The van der Waals surface area contributed by atoms with Crippen LogP contribution in [0.5, 0.6) is 0 Å². The van der Waals surface area contributed by atoms with Gasteiger partial charge < -0.3 is 4.90 Å². The topological polar surface area (TPSA) is 83.8 Å². The van der Waals surface area contributed by atoms with Crippen molar-refractivity contribution in [3.05, 3.63) is 62.6 Å². The van der Waals surface area contributed by atoms with E-state index in [0.29, 0.717) is 18.1 Å². The smallest absolute Gasteiger partial charge is 0.289 e. The Kier molecular flexibility index (Phi) is 5.38. The van der Waals surface area contributed by atoms with Crippen LogP contribution in [0.1, 0.15) is 0 Å². The SMILES string of the molecule is O=[N+]([O-])c1cc(S(=O)(=O)N2CCN(c3ccc(Cl)cc3)CC2)ccc1Cl. The summed E-state index contributed by atoms with van der Waals surface area (Å²) in [6, 6.07) is 10.9. The van der Waals surface area contributed by atoms with E-state index in [-0.39, 0.29) is 23.0 Å². The molecule has 0 aromatic heterocycles. The van der Waals surface area contributed by atoms with Gasteiger partial charge in [0, 0.05) is 43.0 Å². The van der Waals surface area contributed by atoms with Gasteiger partial charge in [-0.25, -0.2) is 8.42 Å². The quantitative estimate of drug-likeness (QED) is 0.564. The van der Waals surface area contributed by atoms with Gasteiger partial charge in [0.2, 0.25) is 10.0 Å². The van der Waals surface area contributed by atoms with Crippen LogP contribution in [0.2, 0.25) is 10.0 Å². The number of nitro groups is 1. The van der Waals surface area contributed by atoms with E-state index in [9.17, 15) is 18.5 Å². The van der Waals surface area contributed by atoms with Crippen molar-refractivity contribution in [3.63, 3.8) is 0 Å². The molecule has 1 fully saturated rings. The number of rotatable bonds is 4. The van der Waals surface area contributed by atoms with Crippen LogP contribution < -0.4 is 4.90 Å². The number of sulfonamides is 1. The average Bonchev–Trinajstić information content (AvgIpc) is 2.62. The van der Waals surface area contributed by atoms with E-state index in [1.807, 2.05) is 12.1 Å². The van der Waals surface area contributed by atoms with E-state index in [2.05, 4.69) is 4.90 Å². The van der Waals surface area contributed by atoms with Crippen molar-refractivity contribution in [2.75, 3.05) is 31.1 Å². The standard InChI is InChI=1S/C16H15Cl2N3O4S/c17-12-1-3-13(4-2-12)19-7-9-20(10-8-19)26(24,25)14-5-6-15(18)16(11-14)21(22)23/h1-6,11H,7-10H2. The van der Waals surface area contributed by atoms with Crippen LogP contribution in [0, 0.1) is 10.1 Å². The van der Waals surface area contributed by atoms with Crippen molar-refractivity contribution in [2.45, 2.75) is 4.90 Å². The van der Waals surface area contributed by atoms with Crippen molar-refractivity contribution >= 4 is 44.6 Å². The molecule has 0 bridgehead atoms. The first-order chi connectivity index (χ1) is 12.3.